The van der Waals surface area contributed by atoms with Crippen LogP contribution >= 0.6 is 15.9 Å². The lowest BCUT2D eigenvalue weighted by Crippen LogP contribution is -2.26. The molecule has 6 nitrogen and oxygen atoms in total. The molecule has 0 aliphatic rings. The summed E-state index contributed by atoms with van der Waals surface area (Å²) in [7, 11) is 1.50. The molecule has 17 heavy (non-hydrogen) atoms. The highest BCUT2D eigenvalue weighted by atomic mass is 79.9. The standard InChI is InChI=1S/C10H11BrN4O2/c1-17-9-6-7(11)2-3-8(9)10(16)13-4-5-14-15-12/h2-3,6H,4-5H2,1H3,(H,13,16). The van der Waals surface area contributed by atoms with Gasteiger partial charge in [-0.05, 0) is 23.7 Å². The van der Waals surface area contributed by atoms with E-state index in [1.165, 1.54) is 7.11 Å². The molecule has 0 saturated carbocycles. The number of carbonyl (C=O) groups is 1. The van der Waals surface area contributed by atoms with E-state index in [2.05, 4.69) is 31.3 Å². The Hall–Kier alpha value is -1.72. The summed E-state index contributed by atoms with van der Waals surface area (Å²) >= 11 is 3.29. The summed E-state index contributed by atoms with van der Waals surface area (Å²) in [4.78, 5) is 14.4. The van der Waals surface area contributed by atoms with Crippen LogP contribution in [0, 0.1) is 0 Å². The Kier molecular flexibility index (Phi) is 5.32. The fourth-order valence-electron chi connectivity index (χ4n) is 1.21. The van der Waals surface area contributed by atoms with Gasteiger partial charge in [-0.2, -0.15) is 0 Å². The molecule has 0 atom stereocenters. The number of nitrogens with zero attached hydrogens (tertiary/aromatic N) is 3. The number of ether oxygens (including phenoxy) is 1. The summed E-state index contributed by atoms with van der Waals surface area (Å²) in [6.07, 6.45) is 0. The number of carbonyl (C=O) groups excluding carboxylic acids is 1. The Bertz CT molecular complexity index is 458. The lowest BCUT2D eigenvalue weighted by atomic mass is 10.2. The zero-order valence-electron chi connectivity index (χ0n) is 9.18. The Balaban J connectivity index is 2.71. The van der Waals surface area contributed by atoms with Crippen molar-refractivity contribution in [3.63, 3.8) is 0 Å². The van der Waals surface area contributed by atoms with Crippen molar-refractivity contribution in [2.45, 2.75) is 0 Å². The zero-order chi connectivity index (χ0) is 12.7. The smallest absolute Gasteiger partial charge is 0.255 e. The first-order valence-electron chi connectivity index (χ1n) is 4.81. The van der Waals surface area contributed by atoms with Gasteiger partial charge in [-0.1, -0.05) is 21.0 Å². The maximum Gasteiger partial charge on any atom is 0.255 e. The number of hydrogen-bond acceptors (Lipinski definition) is 3. The van der Waals surface area contributed by atoms with Crippen LogP contribution in [0.15, 0.2) is 27.8 Å². The van der Waals surface area contributed by atoms with Crippen LogP contribution < -0.4 is 10.1 Å². The fraction of sp³-hybridized carbons (Fsp3) is 0.300. The fourth-order valence-corrected chi connectivity index (χ4v) is 1.55. The molecule has 0 aliphatic heterocycles. The van der Waals surface area contributed by atoms with E-state index in [4.69, 9.17) is 10.3 Å². The molecule has 0 saturated heterocycles. The first kappa shape index (κ1) is 13.3. The van der Waals surface area contributed by atoms with Crippen molar-refractivity contribution in [3.8, 4) is 5.75 Å². The Morgan fingerprint density at radius 2 is 2.41 bits per heavy atom. The van der Waals surface area contributed by atoms with Crippen molar-refractivity contribution >= 4 is 21.8 Å². The second-order valence-corrected chi connectivity index (χ2v) is 3.97. The van der Waals surface area contributed by atoms with Gasteiger partial charge in [0.2, 0.25) is 0 Å². The largest absolute Gasteiger partial charge is 0.496 e. The molecule has 1 rings (SSSR count). The number of amides is 1. The van der Waals surface area contributed by atoms with E-state index in [1.807, 2.05) is 0 Å². The summed E-state index contributed by atoms with van der Waals surface area (Å²) in [5.74, 6) is 0.225. The molecule has 0 radical (unpaired) electrons. The second-order valence-electron chi connectivity index (χ2n) is 3.05. The van der Waals surface area contributed by atoms with Crippen LogP contribution in [0.4, 0.5) is 0 Å². The van der Waals surface area contributed by atoms with Crippen LogP contribution in [-0.2, 0) is 0 Å². The summed E-state index contributed by atoms with van der Waals surface area (Å²) in [5.41, 5.74) is 8.52. The molecule has 1 aromatic rings. The summed E-state index contributed by atoms with van der Waals surface area (Å²) in [5, 5.41) is 5.95. The van der Waals surface area contributed by atoms with E-state index in [-0.39, 0.29) is 12.5 Å². The van der Waals surface area contributed by atoms with Gasteiger partial charge >= 0.3 is 0 Å². The maximum absolute atomic E-state index is 11.8. The van der Waals surface area contributed by atoms with Crippen LogP contribution in [0.2, 0.25) is 0 Å². The first-order valence-corrected chi connectivity index (χ1v) is 5.61. The number of rotatable bonds is 5. The van der Waals surface area contributed by atoms with Gasteiger partial charge < -0.3 is 10.1 Å². The molecule has 0 unspecified atom stereocenters. The number of halogens is 1. The Morgan fingerprint density at radius 1 is 1.65 bits per heavy atom. The average Bonchev–Trinajstić information content (AvgIpc) is 2.34. The molecule has 1 N–H and O–H groups in total. The average molecular weight is 299 g/mol. The molecule has 90 valence electrons. The SMILES string of the molecule is COc1cc(Br)ccc1C(=O)NCCN=[N+]=[N-]. The highest BCUT2D eigenvalue weighted by Crippen LogP contribution is 2.23. The topological polar surface area (TPSA) is 87.1 Å². The molecule has 0 fully saturated rings. The predicted molar refractivity (Wildman–Crippen MR) is 67.0 cm³/mol. The lowest BCUT2D eigenvalue weighted by molar-refractivity contribution is 0.0952. The van der Waals surface area contributed by atoms with Crippen molar-refractivity contribution < 1.29 is 9.53 Å². The molecule has 0 bridgehead atoms. The number of benzene rings is 1. The molecule has 1 amide bonds. The van der Waals surface area contributed by atoms with Crippen LogP contribution in [0.5, 0.6) is 5.75 Å². The first-order chi connectivity index (χ1) is 8.19. The predicted octanol–water partition coefficient (Wildman–Crippen LogP) is 2.50. The number of nitrogens with one attached hydrogen (secondary N) is 1. The summed E-state index contributed by atoms with van der Waals surface area (Å²) in [6.45, 7) is 0.517. The normalized spacial score (nSPS) is 9.29. The van der Waals surface area contributed by atoms with Crippen LogP contribution in [-0.4, -0.2) is 26.1 Å². The lowest BCUT2D eigenvalue weighted by Gasteiger charge is -2.08. The molecular formula is C10H11BrN4O2. The van der Waals surface area contributed by atoms with Crippen LogP contribution in [0.25, 0.3) is 10.4 Å². The molecule has 0 aliphatic carbocycles. The third-order valence-corrected chi connectivity index (χ3v) is 2.46. The third-order valence-electron chi connectivity index (χ3n) is 1.97. The second kappa shape index (κ2) is 6.78. The van der Waals surface area contributed by atoms with Gasteiger partial charge in [-0.3, -0.25) is 4.79 Å². The van der Waals surface area contributed by atoms with Crippen molar-refractivity contribution in [2.75, 3.05) is 20.2 Å². The van der Waals surface area contributed by atoms with Crippen molar-refractivity contribution in [2.24, 2.45) is 5.11 Å². The van der Waals surface area contributed by atoms with Gasteiger partial charge in [0.15, 0.2) is 0 Å². The van der Waals surface area contributed by atoms with Gasteiger partial charge in [-0.25, -0.2) is 0 Å². The minimum atomic E-state index is -0.262. The molecular weight excluding hydrogens is 288 g/mol. The monoisotopic (exact) mass is 298 g/mol. The van der Waals surface area contributed by atoms with Crippen molar-refractivity contribution in [3.05, 3.63) is 38.7 Å². The number of methoxy groups -OCH3 is 1. The zero-order valence-corrected chi connectivity index (χ0v) is 10.8. The minimum Gasteiger partial charge on any atom is -0.496 e. The van der Waals surface area contributed by atoms with E-state index in [1.54, 1.807) is 18.2 Å². The van der Waals surface area contributed by atoms with Gasteiger partial charge in [0.25, 0.3) is 5.91 Å². The van der Waals surface area contributed by atoms with E-state index in [9.17, 15) is 4.79 Å². The summed E-state index contributed by atoms with van der Waals surface area (Å²) < 4.78 is 5.94. The van der Waals surface area contributed by atoms with E-state index >= 15 is 0 Å². The van der Waals surface area contributed by atoms with Crippen LogP contribution in [0.3, 0.4) is 0 Å². The van der Waals surface area contributed by atoms with Crippen LogP contribution in [0.1, 0.15) is 10.4 Å². The minimum absolute atomic E-state index is 0.223. The highest BCUT2D eigenvalue weighted by molar-refractivity contribution is 9.10. The molecule has 0 heterocycles. The van der Waals surface area contributed by atoms with Gasteiger partial charge in [0.1, 0.15) is 5.75 Å². The Morgan fingerprint density at radius 3 is 3.06 bits per heavy atom. The molecule has 7 heteroatoms. The molecule has 0 aromatic heterocycles. The van der Waals surface area contributed by atoms with E-state index in [0.717, 1.165) is 4.47 Å². The van der Waals surface area contributed by atoms with E-state index < -0.39 is 0 Å². The van der Waals surface area contributed by atoms with E-state index in [0.29, 0.717) is 17.9 Å². The highest BCUT2D eigenvalue weighted by Gasteiger charge is 2.11. The number of azide groups is 1. The van der Waals surface area contributed by atoms with Gasteiger partial charge in [0.05, 0.1) is 12.7 Å². The Labute approximate surface area is 107 Å². The van der Waals surface area contributed by atoms with Gasteiger partial charge in [-0.15, -0.1) is 0 Å². The molecule has 0 spiro atoms. The van der Waals surface area contributed by atoms with Crippen molar-refractivity contribution in [1.29, 1.82) is 0 Å². The quantitative estimate of drug-likeness (QED) is 0.392. The van der Waals surface area contributed by atoms with Gasteiger partial charge in [0, 0.05) is 22.5 Å². The maximum atomic E-state index is 11.8. The third kappa shape index (κ3) is 3.97. The summed E-state index contributed by atoms with van der Waals surface area (Å²) in [6, 6.07) is 5.12. The van der Waals surface area contributed by atoms with Crippen molar-refractivity contribution in [1.82, 2.24) is 5.32 Å². The number of hydrogen-bond donors (Lipinski definition) is 1. The molecule has 1 aromatic carbocycles.